The van der Waals surface area contributed by atoms with Crippen LogP contribution in [-0.4, -0.2) is 23.3 Å². The number of carbonyl (C=O) groups is 1. The van der Waals surface area contributed by atoms with Gasteiger partial charge in [-0.2, -0.15) is 0 Å². The van der Waals surface area contributed by atoms with Gasteiger partial charge in [-0.1, -0.05) is 30.3 Å². The number of para-hydroxylation sites is 1. The summed E-state index contributed by atoms with van der Waals surface area (Å²) >= 11 is 0. The number of benzene rings is 2. The van der Waals surface area contributed by atoms with E-state index in [1.54, 1.807) is 50.2 Å². The Morgan fingerprint density at radius 2 is 1.73 bits per heavy atom. The molecular weight excluding hydrogens is 280 g/mol. The third-order valence-corrected chi connectivity index (χ3v) is 3.27. The molecular formula is C18H20O4. The molecule has 0 fully saturated rings. The molecule has 116 valence electrons. The number of hydrogen-bond acceptors (Lipinski definition) is 4. The van der Waals surface area contributed by atoms with Crippen LogP contribution in [0.1, 0.15) is 19.4 Å². The lowest BCUT2D eigenvalue weighted by molar-refractivity contribution is -0.160. The lowest BCUT2D eigenvalue weighted by Gasteiger charge is -2.28. The molecule has 0 saturated heterocycles. The molecule has 0 amide bonds. The van der Waals surface area contributed by atoms with E-state index in [-0.39, 0.29) is 5.75 Å². The number of carbonyl (C=O) groups excluding carboxylic acids is 1. The van der Waals surface area contributed by atoms with Gasteiger partial charge in [-0.3, -0.25) is 0 Å². The van der Waals surface area contributed by atoms with Crippen molar-refractivity contribution in [2.24, 2.45) is 0 Å². The number of phenolic OH excluding ortho intramolecular Hbond substituents is 1. The lowest BCUT2D eigenvalue weighted by atomic mass is 9.96. The van der Waals surface area contributed by atoms with E-state index >= 15 is 0 Å². The van der Waals surface area contributed by atoms with Crippen LogP contribution in [0.3, 0.4) is 0 Å². The van der Waals surface area contributed by atoms with E-state index in [1.807, 2.05) is 18.2 Å². The van der Waals surface area contributed by atoms with E-state index in [0.717, 1.165) is 5.56 Å². The molecule has 1 N–H and O–H groups in total. The van der Waals surface area contributed by atoms with Crippen molar-refractivity contribution in [1.29, 1.82) is 0 Å². The predicted molar refractivity (Wildman–Crippen MR) is 83.9 cm³/mol. The van der Waals surface area contributed by atoms with Gasteiger partial charge in [-0.25, -0.2) is 4.79 Å². The molecule has 0 aliphatic carbocycles. The Balaban J connectivity index is 2.24. The first kappa shape index (κ1) is 15.9. The van der Waals surface area contributed by atoms with Crippen LogP contribution < -0.4 is 4.74 Å². The smallest absolute Gasteiger partial charge is 0.350 e. The lowest BCUT2D eigenvalue weighted by Crippen LogP contribution is -2.45. The normalized spacial score (nSPS) is 13.2. The molecule has 0 unspecified atom stereocenters. The molecule has 2 aromatic rings. The minimum absolute atomic E-state index is 0.186. The van der Waals surface area contributed by atoms with E-state index in [1.165, 1.54) is 0 Å². The van der Waals surface area contributed by atoms with Crippen molar-refractivity contribution in [3.8, 4) is 11.5 Å². The van der Waals surface area contributed by atoms with E-state index in [2.05, 4.69) is 0 Å². The Morgan fingerprint density at radius 3 is 2.32 bits per heavy atom. The van der Waals surface area contributed by atoms with Crippen molar-refractivity contribution < 1.29 is 19.4 Å². The molecule has 0 aliphatic heterocycles. The van der Waals surface area contributed by atoms with E-state index in [4.69, 9.17) is 9.47 Å². The van der Waals surface area contributed by atoms with E-state index in [0.29, 0.717) is 18.8 Å². The molecule has 1 atom stereocenters. The highest BCUT2D eigenvalue weighted by molar-refractivity contribution is 5.80. The zero-order valence-corrected chi connectivity index (χ0v) is 12.8. The SMILES string of the molecule is CCOC(=O)[C@@](C)(Cc1ccc(O)cc1)Oc1ccccc1. The summed E-state index contributed by atoms with van der Waals surface area (Å²) < 4.78 is 11.1. The summed E-state index contributed by atoms with van der Waals surface area (Å²) in [5.41, 5.74) is -0.252. The number of hydrogen-bond donors (Lipinski definition) is 1. The molecule has 4 heteroatoms. The van der Waals surface area contributed by atoms with Crippen molar-refractivity contribution in [2.45, 2.75) is 25.9 Å². The predicted octanol–water partition coefficient (Wildman–Crippen LogP) is 3.34. The van der Waals surface area contributed by atoms with Gasteiger partial charge in [0, 0.05) is 6.42 Å². The Labute approximate surface area is 130 Å². The number of ether oxygens (including phenoxy) is 2. The van der Waals surface area contributed by atoms with Gasteiger partial charge in [0.15, 0.2) is 0 Å². The second-order valence-electron chi connectivity index (χ2n) is 5.21. The summed E-state index contributed by atoms with van der Waals surface area (Å²) in [7, 11) is 0. The van der Waals surface area contributed by atoms with Crippen molar-refractivity contribution in [3.63, 3.8) is 0 Å². The van der Waals surface area contributed by atoms with Gasteiger partial charge >= 0.3 is 5.97 Å². The fraction of sp³-hybridized carbons (Fsp3) is 0.278. The molecule has 0 saturated carbocycles. The highest BCUT2D eigenvalue weighted by atomic mass is 16.6. The molecule has 2 aromatic carbocycles. The third kappa shape index (κ3) is 4.01. The molecule has 0 spiro atoms. The summed E-state index contributed by atoms with van der Waals surface area (Å²) in [4.78, 5) is 12.3. The molecule has 4 nitrogen and oxygen atoms in total. The summed E-state index contributed by atoms with van der Waals surface area (Å²) in [6, 6.07) is 15.9. The maximum Gasteiger partial charge on any atom is 0.350 e. The Hall–Kier alpha value is -2.49. The first-order valence-electron chi connectivity index (χ1n) is 7.23. The fourth-order valence-electron chi connectivity index (χ4n) is 2.19. The Morgan fingerprint density at radius 1 is 1.09 bits per heavy atom. The fourth-order valence-corrected chi connectivity index (χ4v) is 2.19. The first-order valence-corrected chi connectivity index (χ1v) is 7.23. The Kier molecular flexibility index (Phi) is 5.04. The number of esters is 1. The zero-order chi connectivity index (χ0) is 16.0. The van der Waals surface area contributed by atoms with Crippen molar-refractivity contribution in [3.05, 3.63) is 60.2 Å². The largest absolute Gasteiger partial charge is 0.508 e. The highest BCUT2D eigenvalue weighted by Gasteiger charge is 2.37. The zero-order valence-electron chi connectivity index (χ0n) is 12.8. The van der Waals surface area contributed by atoms with E-state index in [9.17, 15) is 9.90 Å². The molecule has 22 heavy (non-hydrogen) atoms. The Bertz CT molecular complexity index is 607. The monoisotopic (exact) mass is 300 g/mol. The maximum atomic E-state index is 12.3. The minimum Gasteiger partial charge on any atom is -0.508 e. The molecule has 2 rings (SSSR count). The standard InChI is InChI=1S/C18H20O4/c1-3-21-17(20)18(2,22-16-7-5-4-6-8-16)13-14-9-11-15(19)12-10-14/h4-12,19H,3,13H2,1-2H3/t18-/m1/s1. The van der Waals surface area contributed by atoms with Gasteiger partial charge in [0.1, 0.15) is 11.5 Å². The highest BCUT2D eigenvalue weighted by Crippen LogP contribution is 2.24. The van der Waals surface area contributed by atoms with Crippen LogP contribution in [-0.2, 0) is 16.0 Å². The average Bonchev–Trinajstić information content (AvgIpc) is 2.51. The molecule has 0 radical (unpaired) electrons. The minimum atomic E-state index is -1.13. The molecule has 0 bridgehead atoms. The number of phenols is 1. The average molecular weight is 300 g/mol. The number of rotatable bonds is 6. The summed E-state index contributed by atoms with van der Waals surface area (Å²) in [5, 5.41) is 9.36. The van der Waals surface area contributed by atoms with Crippen LogP contribution >= 0.6 is 0 Å². The molecule has 0 heterocycles. The van der Waals surface area contributed by atoms with Crippen LogP contribution in [0.15, 0.2) is 54.6 Å². The molecule has 0 aromatic heterocycles. The molecule has 0 aliphatic rings. The van der Waals surface area contributed by atoms with E-state index < -0.39 is 11.6 Å². The van der Waals surface area contributed by atoms with Crippen LogP contribution in [0.2, 0.25) is 0 Å². The van der Waals surface area contributed by atoms with Gasteiger partial charge in [-0.05, 0) is 43.7 Å². The van der Waals surface area contributed by atoms with Crippen LogP contribution in [0.25, 0.3) is 0 Å². The summed E-state index contributed by atoms with van der Waals surface area (Å²) in [5.74, 6) is 0.384. The topological polar surface area (TPSA) is 55.8 Å². The number of aromatic hydroxyl groups is 1. The van der Waals surface area contributed by atoms with Crippen LogP contribution in [0.5, 0.6) is 11.5 Å². The van der Waals surface area contributed by atoms with Gasteiger partial charge in [0.2, 0.25) is 5.60 Å². The quantitative estimate of drug-likeness (QED) is 0.831. The van der Waals surface area contributed by atoms with Gasteiger partial charge < -0.3 is 14.6 Å². The van der Waals surface area contributed by atoms with Crippen molar-refractivity contribution in [1.82, 2.24) is 0 Å². The van der Waals surface area contributed by atoms with Crippen LogP contribution in [0, 0.1) is 0 Å². The third-order valence-electron chi connectivity index (χ3n) is 3.27. The second kappa shape index (κ2) is 6.98. The van der Waals surface area contributed by atoms with Gasteiger partial charge in [0.05, 0.1) is 6.61 Å². The summed E-state index contributed by atoms with van der Waals surface area (Å²) in [6.07, 6.45) is 0.348. The second-order valence-corrected chi connectivity index (χ2v) is 5.21. The van der Waals surface area contributed by atoms with Crippen molar-refractivity contribution in [2.75, 3.05) is 6.61 Å². The summed E-state index contributed by atoms with van der Waals surface area (Å²) in [6.45, 7) is 3.77. The first-order chi connectivity index (χ1) is 10.5. The van der Waals surface area contributed by atoms with Gasteiger partial charge in [0.25, 0.3) is 0 Å². The van der Waals surface area contributed by atoms with Crippen LogP contribution in [0.4, 0.5) is 0 Å². The maximum absolute atomic E-state index is 12.3. The van der Waals surface area contributed by atoms with Crippen molar-refractivity contribution >= 4 is 5.97 Å². The van der Waals surface area contributed by atoms with Gasteiger partial charge in [-0.15, -0.1) is 0 Å².